The molecule has 0 aliphatic carbocycles. The van der Waals surface area contributed by atoms with Crippen molar-refractivity contribution in [1.82, 2.24) is 5.32 Å². The highest BCUT2D eigenvalue weighted by Gasteiger charge is 2.20. The van der Waals surface area contributed by atoms with Crippen molar-refractivity contribution in [2.75, 3.05) is 13.1 Å². The summed E-state index contributed by atoms with van der Waals surface area (Å²) in [7, 11) is 0. The highest BCUT2D eigenvalue weighted by Crippen LogP contribution is 2.34. The Morgan fingerprint density at radius 3 is 2.47 bits per heavy atom. The van der Waals surface area contributed by atoms with Crippen molar-refractivity contribution in [2.45, 2.75) is 6.10 Å². The summed E-state index contributed by atoms with van der Waals surface area (Å²) in [5, 5.41) is 3.81. The molecule has 3 rings (SSSR count). The van der Waals surface area contributed by atoms with Gasteiger partial charge in [0, 0.05) is 24.2 Å². The molecule has 1 heterocycles. The number of ether oxygens (including phenoxy) is 2. The lowest BCUT2D eigenvalue weighted by Gasteiger charge is -2.28. The van der Waals surface area contributed by atoms with Crippen LogP contribution in [-0.4, -0.2) is 19.2 Å². The van der Waals surface area contributed by atoms with Crippen molar-refractivity contribution in [1.29, 1.82) is 0 Å². The Morgan fingerprint density at radius 1 is 1.00 bits per heavy atom. The maximum Gasteiger partial charge on any atom is 0.169 e. The Hall–Kier alpha value is -1.71. The minimum atomic E-state index is 0.191. The van der Waals surface area contributed by atoms with E-state index in [1.165, 1.54) is 0 Å². The second-order valence-electron chi connectivity index (χ2n) is 4.40. The van der Waals surface area contributed by atoms with Gasteiger partial charge in [0.15, 0.2) is 11.5 Å². The molecule has 1 fully saturated rings. The second kappa shape index (κ2) is 5.51. The first-order chi connectivity index (χ1) is 9.31. The number of benzene rings is 2. The summed E-state index contributed by atoms with van der Waals surface area (Å²) in [6, 6.07) is 15.0. The molecular formula is C15H14ClNO2. The number of hydrogen-bond acceptors (Lipinski definition) is 3. The molecule has 0 spiro atoms. The Kier molecular flexibility index (Phi) is 3.58. The van der Waals surface area contributed by atoms with Gasteiger partial charge in [-0.25, -0.2) is 0 Å². The molecule has 4 heteroatoms. The molecule has 1 aliphatic rings. The summed E-state index contributed by atoms with van der Waals surface area (Å²) in [5.41, 5.74) is 0. The Bertz CT molecular complexity index is 555. The molecule has 0 radical (unpaired) electrons. The zero-order valence-electron chi connectivity index (χ0n) is 10.3. The van der Waals surface area contributed by atoms with E-state index in [1.807, 2.05) is 36.4 Å². The molecule has 2 aromatic carbocycles. The third-order valence-electron chi connectivity index (χ3n) is 2.91. The predicted octanol–water partition coefficient (Wildman–Crippen LogP) is 3.48. The Balaban J connectivity index is 1.82. The van der Waals surface area contributed by atoms with Crippen LogP contribution in [0, 0.1) is 0 Å². The Labute approximate surface area is 117 Å². The van der Waals surface area contributed by atoms with E-state index in [-0.39, 0.29) is 6.10 Å². The number of halogens is 1. The highest BCUT2D eigenvalue weighted by molar-refractivity contribution is 6.30. The van der Waals surface area contributed by atoms with Crippen LogP contribution in [0.15, 0.2) is 48.5 Å². The van der Waals surface area contributed by atoms with Crippen LogP contribution in [0.1, 0.15) is 0 Å². The van der Waals surface area contributed by atoms with Gasteiger partial charge in [0.25, 0.3) is 0 Å². The van der Waals surface area contributed by atoms with Crippen LogP contribution < -0.4 is 14.8 Å². The van der Waals surface area contributed by atoms with Gasteiger partial charge in [-0.2, -0.15) is 0 Å². The average Bonchev–Trinajstić information content (AvgIpc) is 2.38. The third kappa shape index (κ3) is 3.00. The number of nitrogens with one attached hydrogen (secondary N) is 1. The van der Waals surface area contributed by atoms with Crippen molar-refractivity contribution < 1.29 is 9.47 Å². The van der Waals surface area contributed by atoms with Crippen molar-refractivity contribution >= 4 is 11.6 Å². The molecule has 19 heavy (non-hydrogen) atoms. The Morgan fingerprint density at radius 2 is 1.79 bits per heavy atom. The van der Waals surface area contributed by atoms with E-state index in [4.69, 9.17) is 21.1 Å². The second-order valence-corrected chi connectivity index (χ2v) is 4.84. The van der Waals surface area contributed by atoms with E-state index in [0.717, 1.165) is 18.8 Å². The molecule has 0 unspecified atom stereocenters. The van der Waals surface area contributed by atoms with Gasteiger partial charge >= 0.3 is 0 Å². The third-order valence-corrected chi connectivity index (χ3v) is 3.15. The summed E-state index contributed by atoms with van der Waals surface area (Å²) >= 11 is 6.01. The van der Waals surface area contributed by atoms with Gasteiger partial charge in [0.1, 0.15) is 11.9 Å². The predicted molar refractivity (Wildman–Crippen MR) is 75.3 cm³/mol. The summed E-state index contributed by atoms with van der Waals surface area (Å²) in [6.45, 7) is 1.72. The monoisotopic (exact) mass is 275 g/mol. The van der Waals surface area contributed by atoms with Gasteiger partial charge in [0.2, 0.25) is 0 Å². The molecular weight excluding hydrogens is 262 g/mol. The quantitative estimate of drug-likeness (QED) is 0.927. The van der Waals surface area contributed by atoms with Gasteiger partial charge in [0.05, 0.1) is 0 Å². The van der Waals surface area contributed by atoms with E-state index < -0.39 is 0 Å². The molecule has 1 N–H and O–H groups in total. The van der Waals surface area contributed by atoms with E-state index in [1.54, 1.807) is 12.1 Å². The van der Waals surface area contributed by atoms with E-state index in [0.29, 0.717) is 16.5 Å². The van der Waals surface area contributed by atoms with Crippen molar-refractivity contribution in [3.8, 4) is 17.2 Å². The molecule has 1 aliphatic heterocycles. The average molecular weight is 276 g/mol. The molecule has 98 valence electrons. The van der Waals surface area contributed by atoms with Crippen molar-refractivity contribution in [3.05, 3.63) is 53.6 Å². The lowest BCUT2D eigenvalue weighted by atomic mass is 10.2. The first kappa shape index (κ1) is 12.3. The van der Waals surface area contributed by atoms with E-state index in [2.05, 4.69) is 5.32 Å². The van der Waals surface area contributed by atoms with Crippen LogP contribution in [-0.2, 0) is 0 Å². The highest BCUT2D eigenvalue weighted by atomic mass is 35.5. The fourth-order valence-electron chi connectivity index (χ4n) is 1.80. The lowest BCUT2D eigenvalue weighted by molar-refractivity contribution is 0.138. The maximum absolute atomic E-state index is 6.01. The van der Waals surface area contributed by atoms with Crippen LogP contribution in [0.2, 0.25) is 5.02 Å². The van der Waals surface area contributed by atoms with Crippen LogP contribution in [0.3, 0.4) is 0 Å². The minimum absolute atomic E-state index is 0.191. The van der Waals surface area contributed by atoms with E-state index >= 15 is 0 Å². The largest absolute Gasteiger partial charge is 0.484 e. The maximum atomic E-state index is 6.01. The lowest BCUT2D eigenvalue weighted by Crippen LogP contribution is -2.50. The SMILES string of the molecule is Clc1ccc(Oc2ccccc2)c(OC2CNC2)c1. The van der Waals surface area contributed by atoms with Crippen LogP contribution >= 0.6 is 11.6 Å². The van der Waals surface area contributed by atoms with Crippen LogP contribution in [0.5, 0.6) is 17.2 Å². The van der Waals surface area contributed by atoms with Gasteiger partial charge in [-0.3, -0.25) is 0 Å². The molecule has 0 saturated carbocycles. The topological polar surface area (TPSA) is 30.5 Å². The zero-order valence-corrected chi connectivity index (χ0v) is 11.1. The summed E-state index contributed by atoms with van der Waals surface area (Å²) in [4.78, 5) is 0. The number of hydrogen-bond donors (Lipinski definition) is 1. The molecule has 0 bridgehead atoms. The van der Waals surface area contributed by atoms with Gasteiger partial charge in [-0.15, -0.1) is 0 Å². The van der Waals surface area contributed by atoms with Crippen LogP contribution in [0.4, 0.5) is 0 Å². The summed E-state index contributed by atoms with van der Waals surface area (Å²) in [5.74, 6) is 2.15. The number of rotatable bonds is 4. The molecule has 0 atom stereocenters. The smallest absolute Gasteiger partial charge is 0.169 e. The van der Waals surface area contributed by atoms with E-state index in [9.17, 15) is 0 Å². The summed E-state index contributed by atoms with van der Waals surface area (Å²) in [6.07, 6.45) is 0.191. The molecule has 0 amide bonds. The van der Waals surface area contributed by atoms with Gasteiger partial charge < -0.3 is 14.8 Å². The fourth-order valence-corrected chi connectivity index (χ4v) is 1.96. The molecule has 0 aromatic heterocycles. The van der Waals surface area contributed by atoms with Gasteiger partial charge in [-0.1, -0.05) is 29.8 Å². The molecule has 2 aromatic rings. The van der Waals surface area contributed by atoms with Crippen molar-refractivity contribution in [2.24, 2.45) is 0 Å². The zero-order chi connectivity index (χ0) is 13.1. The van der Waals surface area contributed by atoms with Crippen molar-refractivity contribution in [3.63, 3.8) is 0 Å². The van der Waals surface area contributed by atoms with Gasteiger partial charge in [-0.05, 0) is 24.3 Å². The number of para-hydroxylation sites is 1. The molecule has 3 nitrogen and oxygen atoms in total. The first-order valence-corrected chi connectivity index (χ1v) is 6.59. The normalized spacial score (nSPS) is 14.8. The standard InChI is InChI=1S/C15H14ClNO2/c16-11-6-7-14(18-12-4-2-1-3-5-12)15(8-11)19-13-9-17-10-13/h1-8,13,17H,9-10H2. The fraction of sp³-hybridized carbons (Fsp3) is 0.200. The van der Waals surface area contributed by atoms with Crippen LogP contribution in [0.25, 0.3) is 0 Å². The summed E-state index contributed by atoms with van der Waals surface area (Å²) < 4.78 is 11.7. The first-order valence-electron chi connectivity index (χ1n) is 6.21. The molecule has 1 saturated heterocycles. The minimum Gasteiger partial charge on any atom is -0.484 e.